The van der Waals surface area contributed by atoms with Gasteiger partial charge in [0.1, 0.15) is 0 Å². The summed E-state index contributed by atoms with van der Waals surface area (Å²) in [7, 11) is -1.74. The Hall–Kier alpha value is -1.57. The van der Waals surface area contributed by atoms with Crippen LogP contribution in [-0.4, -0.2) is 20.8 Å². The van der Waals surface area contributed by atoms with Crippen molar-refractivity contribution in [2.75, 3.05) is 6.54 Å². The van der Waals surface area contributed by atoms with E-state index < -0.39 is 8.32 Å². The van der Waals surface area contributed by atoms with E-state index in [2.05, 4.69) is 45.1 Å². The number of hydrogen-bond acceptors (Lipinski definition) is 2. The van der Waals surface area contributed by atoms with E-state index in [-0.39, 0.29) is 17.5 Å². The number of carbonyl (C=O) groups excluding carboxylic acids is 1. The lowest BCUT2D eigenvalue weighted by Crippen LogP contribution is -2.40. The van der Waals surface area contributed by atoms with E-state index in [0.717, 1.165) is 5.56 Å². The Kier molecular flexibility index (Phi) is 5.76. The molecule has 1 N–H and O–H groups in total. The van der Waals surface area contributed by atoms with E-state index in [0.29, 0.717) is 12.2 Å². The fraction of sp³-hybridized carbons (Fsp3) is 0.471. The molecular weight excluding hydrogens is 278 g/mol. The maximum Gasteiger partial charge on any atom is 0.252 e. The number of nitrogens with one attached hydrogen (secondary N) is 1. The van der Waals surface area contributed by atoms with E-state index in [1.54, 1.807) is 12.1 Å². The zero-order chi connectivity index (χ0) is 16.1. The first kappa shape index (κ1) is 17.5. The van der Waals surface area contributed by atoms with Crippen molar-refractivity contribution in [1.29, 1.82) is 0 Å². The van der Waals surface area contributed by atoms with Crippen molar-refractivity contribution in [3.8, 4) is 12.3 Å². The van der Waals surface area contributed by atoms with Crippen molar-refractivity contribution in [3.05, 3.63) is 35.4 Å². The van der Waals surface area contributed by atoms with E-state index >= 15 is 0 Å². The van der Waals surface area contributed by atoms with Crippen molar-refractivity contribution >= 4 is 14.2 Å². The monoisotopic (exact) mass is 303 g/mol. The van der Waals surface area contributed by atoms with Crippen LogP contribution in [0.15, 0.2) is 24.3 Å². The van der Waals surface area contributed by atoms with Crippen LogP contribution in [0.25, 0.3) is 0 Å². The molecule has 1 aromatic carbocycles. The maximum absolute atomic E-state index is 11.7. The van der Waals surface area contributed by atoms with Crippen LogP contribution in [0, 0.1) is 12.3 Å². The van der Waals surface area contributed by atoms with Gasteiger partial charge >= 0.3 is 0 Å². The largest absolute Gasteiger partial charge is 0.413 e. The second-order valence-electron chi connectivity index (χ2n) is 6.63. The third kappa shape index (κ3) is 5.03. The summed E-state index contributed by atoms with van der Waals surface area (Å²) in [5, 5.41) is 2.84. The van der Waals surface area contributed by atoms with Gasteiger partial charge < -0.3 is 9.74 Å². The van der Waals surface area contributed by atoms with Crippen LogP contribution in [-0.2, 0) is 11.0 Å². The molecule has 0 atom stereocenters. The number of benzene rings is 1. The van der Waals surface area contributed by atoms with Gasteiger partial charge in [-0.05, 0) is 35.8 Å². The lowest BCUT2D eigenvalue weighted by Gasteiger charge is -2.36. The number of rotatable bonds is 5. The topological polar surface area (TPSA) is 38.3 Å². The van der Waals surface area contributed by atoms with Gasteiger partial charge in [0.15, 0.2) is 8.32 Å². The van der Waals surface area contributed by atoms with Crippen molar-refractivity contribution in [2.45, 2.75) is 45.5 Å². The fourth-order valence-electron chi connectivity index (χ4n) is 1.47. The molecule has 0 unspecified atom stereocenters. The molecule has 0 aliphatic rings. The molecule has 0 aromatic heterocycles. The molecule has 0 fully saturated rings. The van der Waals surface area contributed by atoms with Crippen LogP contribution in [0.5, 0.6) is 0 Å². The highest BCUT2D eigenvalue weighted by Crippen LogP contribution is 2.37. The first-order valence-electron chi connectivity index (χ1n) is 7.12. The highest BCUT2D eigenvalue weighted by molar-refractivity contribution is 6.74. The molecule has 0 saturated heterocycles. The van der Waals surface area contributed by atoms with Gasteiger partial charge in [0.2, 0.25) is 0 Å². The summed E-state index contributed by atoms with van der Waals surface area (Å²) in [4.78, 5) is 11.7. The second kappa shape index (κ2) is 6.93. The van der Waals surface area contributed by atoms with Gasteiger partial charge in [-0.15, -0.1) is 6.42 Å². The first-order chi connectivity index (χ1) is 9.67. The molecular formula is C17H25NO2Si. The smallest absolute Gasteiger partial charge is 0.252 e. The molecule has 0 aliphatic carbocycles. The Morgan fingerprint density at radius 1 is 1.29 bits per heavy atom. The number of carbonyl (C=O) groups is 1. The number of hydrogen-bond donors (Lipinski definition) is 1. The SMILES string of the molecule is C#CCNC(=O)c1ccc(CO[Si](C)(C)C(C)(C)C)cc1. The van der Waals surface area contributed by atoms with Gasteiger partial charge in [-0.1, -0.05) is 38.8 Å². The Bertz CT molecular complexity index is 521. The summed E-state index contributed by atoms with van der Waals surface area (Å²) < 4.78 is 6.16. The van der Waals surface area contributed by atoms with E-state index in [9.17, 15) is 4.79 Å². The molecule has 1 rings (SSSR count). The molecule has 0 spiro atoms. The van der Waals surface area contributed by atoms with Gasteiger partial charge in [0.25, 0.3) is 5.91 Å². The quantitative estimate of drug-likeness (QED) is 0.667. The second-order valence-corrected chi connectivity index (χ2v) is 11.4. The molecule has 0 aliphatic heterocycles. The van der Waals surface area contributed by atoms with Gasteiger partial charge in [0.05, 0.1) is 13.2 Å². The normalized spacial score (nSPS) is 11.8. The van der Waals surface area contributed by atoms with Crippen molar-refractivity contribution in [3.63, 3.8) is 0 Å². The van der Waals surface area contributed by atoms with Crippen molar-refractivity contribution in [2.24, 2.45) is 0 Å². The summed E-state index contributed by atoms with van der Waals surface area (Å²) in [6, 6.07) is 7.46. The minimum absolute atomic E-state index is 0.148. The summed E-state index contributed by atoms with van der Waals surface area (Å²) >= 11 is 0. The van der Waals surface area contributed by atoms with Crippen molar-refractivity contribution in [1.82, 2.24) is 5.32 Å². The standard InChI is InChI=1S/C17H25NO2Si/c1-7-12-18-16(19)15-10-8-14(9-11-15)13-20-21(5,6)17(2,3)4/h1,8-11H,12-13H2,2-6H3,(H,18,19). The Labute approximate surface area is 129 Å². The van der Waals surface area contributed by atoms with Gasteiger partial charge in [-0.3, -0.25) is 4.79 Å². The van der Waals surface area contributed by atoms with Crippen LogP contribution in [0.3, 0.4) is 0 Å². The minimum Gasteiger partial charge on any atom is -0.413 e. The Morgan fingerprint density at radius 2 is 1.86 bits per heavy atom. The number of amides is 1. The van der Waals surface area contributed by atoms with Gasteiger partial charge in [-0.25, -0.2) is 0 Å². The van der Waals surface area contributed by atoms with Crippen molar-refractivity contribution < 1.29 is 9.22 Å². The van der Waals surface area contributed by atoms with Crippen LogP contribution >= 0.6 is 0 Å². The van der Waals surface area contributed by atoms with Crippen LogP contribution < -0.4 is 5.32 Å². The van der Waals surface area contributed by atoms with Gasteiger partial charge in [-0.2, -0.15) is 0 Å². The highest BCUT2D eigenvalue weighted by atomic mass is 28.4. The Morgan fingerprint density at radius 3 is 2.33 bits per heavy atom. The van der Waals surface area contributed by atoms with Crippen LogP contribution in [0.1, 0.15) is 36.7 Å². The third-order valence-corrected chi connectivity index (χ3v) is 8.45. The molecule has 0 radical (unpaired) electrons. The molecule has 0 saturated carbocycles. The average molecular weight is 303 g/mol. The minimum atomic E-state index is -1.74. The van der Waals surface area contributed by atoms with Gasteiger partial charge in [0, 0.05) is 5.56 Å². The molecule has 21 heavy (non-hydrogen) atoms. The maximum atomic E-state index is 11.7. The lowest BCUT2D eigenvalue weighted by molar-refractivity contribution is 0.0958. The Balaban J connectivity index is 2.64. The van der Waals surface area contributed by atoms with E-state index in [1.807, 2.05) is 12.1 Å². The summed E-state index contributed by atoms with van der Waals surface area (Å²) in [5.74, 6) is 2.24. The first-order valence-corrected chi connectivity index (χ1v) is 10.0. The van der Waals surface area contributed by atoms with E-state index in [1.165, 1.54) is 0 Å². The molecule has 0 heterocycles. The highest BCUT2D eigenvalue weighted by Gasteiger charge is 2.36. The summed E-state index contributed by atoms with van der Waals surface area (Å²) in [6.45, 7) is 12.0. The van der Waals surface area contributed by atoms with Crippen LogP contribution in [0.2, 0.25) is 18.1 Å². The molecule has 114 valence electrons. The zero-order valence-electron chi connectivity index (χ0n) is 13.6. The van der Waals surface area contributed by atoms with E-state index in [4.69, 9.17) is 10.8 Å². The summed E-state index contributed by atoms with van der Waals surface area (Å²) in [5.41, 5.74) is 1.69. The lowest BCUT2D eigenvalue weighted by atomic mass is 10.1. The molecule has 3 nitrogen and oxygen atoms in total. The molecule has 1 aromatic rings. The summed E-state index contributed by atoms with van der Waals surface area (Å²) in [6.07, 6.45) is 5.12. The predicted octanol–water partition coefficient (Wildman–Crippen LogP) is 3.57. The number of terminal acetylenes is 1. The average Bonchev–Trinajstić information content (AvgIpc) is 2.42. The fourth-order valence-corrected chi connectivity index (χ4v) is 2.43. The zero-order valence-corrected chi connectivity index (χ0v) is 14.6. The third-order valence-electron chi connectivity index (χ3n) is 3.97. The predicted molar refractivity (Wildman–Crippen MR) is 89.6 cm³/mol. The molecule has 4 heteroatoms. The molecule has 0 bridgehead atoms. The van der Waals surface area contributed by atoms with Crippen LogP contribution in [0.4, 0.5) is 0 Å². The molecule has 1 amide bonds.